The summed E-state index contributed by atoms with van der Waals surface area (Å²) in [4.78, 5) is 0. The fourth-order valence-electron chi connectivity index (χ4n) is 10.2. The van der Waals surface area contributed by atoms with Crippen LogP contribution < -0.4 is 0 Å². The van der Waals surface area contributed by atoms with E-state index in [1.54, 1.807) is 0 Å². The lowest BCUT2D eigenvalue weighted by Gasteiger charge is -2.20. The molecule has 2 heterocycles. The Bertz CT molecular complexity index is 3530. The highest BCUT2D eigenvalue weighted by molar-refractivity contribution is 6.26. The van der Waals surface area contributed by atoms with Crippen molar-refractivity contribution >= 4 is 87.0 Å². The topological polar surface area (TPSA) is 26.3 Å². The van der Waals surface area contributed by atoms with E-state index in [0.29, 0.717) is 0 Å². The summed E-state index contributed by atoms with van der Waals surface area (Å²) in [6.07, 6.45) is 0. The van der Waals surface area contributed by atoms with Gasteiger partial charge in [0.05, 0.1) is 0 Å². The standard InChI is InChI=1S/C58H34O2/c1-5-24-43-39(20-1)53(40-21-2-6-25-44(40)55(43)49-30-14-28-47-37-18-9-11-32-51(37)59-57(47)49)35-16-13-17-36(34-35)54-41-22-3-7-26-45(41)56(46-27-8-4-23-42(46)54)50-31-15-29-48-38-19-10-12-33-52(38)60-58(48)50/h1-34H. The second kappa shape index (κ2) is 12.8. The van der Waals surface area contributed by atoms with Crippen molar-refractivity contribution in [1.82, 2.24) is 0 Å². The number of benzene rings is 11. The van der Waals surface area contributed by atoms with Crippen LogP contribution in [0.1, 0.15) is 0 Å². The molecule has 0 N–H and O–H groups in total. The minimum atomic E-state index is 0.904. The number of fused-ring (bicyclic) bond motifs is 10. The van der Waals surface area contributed by atoms with Crippen LogP contribution in [0.4, 0.5) is 0 Å². The molecule has 60 heavy (non-hydrogen) atoms. The Labute approximate surface area is 345 Å². The largest absolute Gasteiger partial charge is 0.455 e. The first-order valence-corrected chi connectivity index (χ1v) is 20.6. The molecule has 2 nitrogen and oxygen atoms in total. The molecule has 0 atom stereocenters. The van der Waals surface area contributed by atoms with E-state index in [1.807, 2.05) is 12.1 Å². The molecule has 278 valence electrons. The second-order valence-corrected chi connectivity index (χ2v) is 15.8. The zero-order valence-electron chi connectivity index (χ0n) is 32.4. The Hall–Kier alpha value is -7.94. The number of para-hydroxylation sites is 4. The van der Waals surface area contributed by atoms with Gasteiger partial charge in [0.1, 0.15) is 22.3 Å². The third-order valence-corrected chi connectivity index (χ3v) is 12.7. The van der Waals surface area contributed by atoms with E-state index in [0.717, 1.165) is 55.0 Å². The van der Waals surface area contributed by atoms with Gasteiger partial charge in [-0.15, -0.1) is 0 Å². The van der Waals surface area contributed by atoms with Gasteiger partial charge in [-0.2, -0.15) is 0 Å². The Morgan fingerprint density at radius 2 is 0.500 bits per heavy atom. The third kappa shape index (κ3) is 4.70. The Kier molecular flexibility index (Phi) is 7.05. The predicted molar refractivity (Wildman–Crippen MR) is 253 cm³/mol. The number of rotatable bonds is 4. The molecule has 0 aliphatic carbocycles. The first kappa shape index (κ1) is 33.1. The van der Waals surface area contributed by atoms with Gasteiger partial charge in [-0.1, -0.05) is 188 Å². The van der Waals surface area contributed by atoms with Gasteiger partial charge in [0.15, 0.2) is 0 Å². The van der Waals surface area contributed by atoms with Gasteiger partial charge < -0.3 is 8.83 Å². The van der Waals surface area contributed by atoms with Crippen molar-refractivity contribution in [3.8, 4) is 44.5 Å². The van der Waals surface area contributed by atoms with Gasteiger partial charge in [-0.05, 0) is 83.5 Å². The molecule has 2 aromatic heterocycles. The van der Waals surface area contributed by atoms with Gasteiger partial charge in [0.2, 0.25) is 0 Å². The van der Waals surface area contributed by atoms with Gasteiger partial charge in [-0.25, -0.2) is 0 Å². The maximum atomic E-state index is 6.65. The van der Waals surface area contributed by atoms with Crippen LogP contribution in [0.2, 0.25) is 0 Å². The Balaban J connectivity index is 1.07. The van der Waals surface area contributed by atoms with Crippen molar-refractivity contribution in [2.24, 2.45) is 0 Å². The minimum Gasteiger partial charge on any atom is -0.455 e. The highest BCUT2D eigenvalue weighted by atomic mass is 16.3. The lowest BCUT2D eigenvalue weighted by Crippen LogP contribution is -1.93. The van der Waals surface area contributed by atoms with Gasteiger partial charge in [0.25, 0.3) is 0 Å². The van der Waals surface area contributed by atoms with Crippen molar-refractivity contribution in [3.63, 3.8) is 0 Å². The highest BCUT2D eigenvalue weighted by Crippen LogP contribution is 2.49. The van der Waals surface area contributed by atoms with Gasteiger partial charge in [0, 0.05) is 43.8 Å². The van der Waals surface area contributed by atoms with Crippen LogP contribution in [-0.2, 0) is 0 Å². The monoisotopic (exact) mass is 762 g/mol. The van der Waals surface area contributed by atoms with Crippen molar-refractivity contribution in [2.45, 2.75) is 0 Å². The van der Waals surface area contributed by atoms with Crippen molar-refractivity contribution in [1.29, 1.82) is 0 Å². The molecule has 13 aromatic rings. The maximum Gasteiger partial charge on any atom is 0.143 e. The molecular formula is C58H34O2. The molecule has 11 aromatic carbocycles. The molecule has 0 saturated carbocycles. The summed E-state index contributed by atoms with van der Waals surface area (Å²) >= 11 is 0. The Morgan fingerprint density at radius 1 is 0.217 bits per heavy atom. The summed E-state index contributed by atoms with van der Waals surface area (Å²) in [5, 5.41) is 14.2. The zero-order valence-corrected chi connectivity index (χ0v) is 32.4. The molecule has 0 amide bonds. The molecule has 0 aliphatic rings. The summed E-state index contributed by atoms with van der Waals surface area (Å²) in [6.45, 7) is 0. The van der Waals surface area contributed by atoms with Gasteiger partial charge >= 0.3 is 0 Å². The fraction of sp³-hybridized carbons (Fsp3) is 0. The zero-order chi connectivity index (χ0) is 39.3. The summed E-state index contributed by atoms with van der Waals surface area (Å²) < 4.78 is 13.3. The van der Waals surface area contributed by atoms with Crippen LogP contribution in [0, 0.1) is 0 Å². The fourth-order valence-corrected chi connectivity index (χ4v) is 10.2. The van der Waals surface area contributed by atoms with E-state index in [9.17, 15) is 0 Å². The van der Waals surface area contributed by atoms with E-state index in [-0.39, 0.29) is 0 Å². The lowest BCUT2D eigenvalue weighted by atomic mass is 9.83. The van der Waals surface area contributed by atoms with E-state index >= 15 is 0 Å². The van der Waals surface area contributed by atoms with Crippen molar-refractivity contribution in [3.05, 3.63) is 206 Å². The molecule has 0 aliphatic heterocycles. The average molecular weight is 763 g/mol. The first-order chi connectivity index (χ1) is 29.8. The number of hydrogen-bond acceptors (Lipinski definition) is 2. The van der Waals surface area contributed by atoms with E-state index in [4.69, 9.17) is 8.83 Å². The summed E-state index contributed by atoms with van der Waals surface area (Å²) in [5.74, 6) is 0. The summed E-state index contributed by atoms with van der Waals surface area (Å²) in [6, 6.07) is 74.5. The molecule has 2 heteroatoms. The van der Waals surface area contributed by atoms with Crippen LogP contribution in [0.5, 0.6) is 0 Å². The molecule has 0 unspecified atom stereocenters. The average Bonchev–Trinajstić information content (AvgIpc) is 3.89. The minimum absolute atomic E-state index is 0.904. The quantitative estimate of drug-likeness (QED) is 0.167. The Morgan fingerprint density at radius 3 is 0.867 bits per heavy atom. The molecule has 0 radical (unpaired) electrons. The van der Waals surface area contributed by atoms with Crippen LogP contribution in [0.15, 0.2) is 215 Å². The van der Waals surface area contributed by atoms with Crippen LogP contribution in [-0.4, -0.2) is 0 Å². The van der Waals surface area contributed by atoms with Crippen LogP contribution >= 0.6 is 0 Å². The number of hydrogen-bond donors (Lipinski definition) is 0. The second-order valence-electron chi connectivity index (χ2n) is 15.8. The molecule has 0 saturated heterocycles. The van der Waals surface area contributed by atoms with Crippen LogP contribution in [0.3, 0.4) is 0 Å². The van der Waals surface area contributed by atoms with Crippen LogP contribution in [0.25, 0.3) is 131 Å². The summed E-state index contributed by atoms with van der Waals surface area (Å²) in [5.41, 5.74) is 13.1. The summed E-state index contributed by atoms with van der Waals surface area (Å²) in [7, 11) is 0. The normalized spacial score (nSPS) is 12.0. The lowest BCUT2D eigenvalue weighted by molar-refractivity contribution is 0.669. The van der Waals surface area contributed by atoms with E-state index in [1.165, 1.54) is 76.5 Å². The first-order valence-electron chi connectivity index (χ1n) is 20.6. The predicted octanol–water partition coefficient (Wildman–Crippen LogP) is 16.8. The third-order valence-electron chi connectivity index (χ3n) is 12.7. The molecule has 0 bridgehead atoms. The molecular weight excluding hydrogens is 729 g/mol. The smallest absolute Gasteiger partial charge is 0.143 e. The SMILES string of the molecule is c1cc(-c2c3ccccc3c(-c3cccc4c3oc3ccccc34)c3ccccc23)cc(-c2c3ccccc3c(-c3cccc4c3oc3ccccc34)c3ccccc23)c1. The van der Waals surface area contributed by atoms with Crippen molar-refractivity contribution < 1.29 is 8.83 Å². The van der Waals surface area contributed by atoms with E-state index < -0.39 is 0 Å². The van der Waals surface area contributed by atoms with E-state index in [2.05, 4.69) is 194 Å². The molecule has 0 fully saturated rings. The molecule has 0 spiro atoms. The van der Waals surface area contributed by atoms with Crippen molar-refractivity contribution in [2.75, 3.05) is 0 Å². The maximum absolute atomic E-state index is 6.65. The highest BCUT2D eigenvalue weighted by Gasteiger charge is 2.23. The molecule has 13 rings (SSSR count). The number of furan rings is 2. The van der Waals surface area contributed by atoms with Gasteiger partial charge in [-0.3, -0.25) is 0 Å².